The van der Waals surface area contributed by atoms with Crippen LogP contribution in [0.3, 0.4) is 0 Å². The lowest BCUT2D eigenvalue weighted by Crippen LogP contribution is -2.26. The van der Waals surface area contributed by atoms with Gasteiger partial charge in [0, 0.05) is 0 Å². The maximum absolute atomic E-state index is 2.50. The molecule has 0 heterocycles. The third-order valence-electron chi connectivity index (χ3n) is 4.62. The lowest BCUT2D eigenvalue weighted by atomic mass is 9.72. The van der Waals surface area contributed by atoms with Gasteiger partial charge in [-0.25, -0.2) is 0 Å². The monoisotopic (exact) mass is 122 g/mol. The van der Waals surface area contributed by atoms with Gasteiger partial charge in [-0.05, 0) is 41.9 Å². The first-order valence-electron chi connectivity index (χ1n) is 4.18. The zero-order valence-electron chi connectivity index (χ0n) is 6.28. The van der Waals surface area contributed by atoms with E-state index < -0.39 is 0 Å². The van der Waals surface area contributed by atoms with E-state index in [1.54, 1.807) is 19.3 Å². The maximum atomic E-state index is 2.50. The Morgan fingerprint density at radius 2 is 2.11 bits per heavy atom. The van der Waals surface area contributed by atoms with Crippen molar-refractivity contribution < 1.29 is 0 Å². The predicted molar refractivity (Wildman–Crippen MR) is 37.0 cm³/mol. The second-order valence-corrected chi connectivity index (χ2v) is 4.87. The molecule has 4 saturated carbocycles. The van der Waals surface area contributed by atoms with Crippen LogP contribution in [0.25, 0.3) is 0 Å². The van der Waals surface area contributed by atoms with Gasteiger partial charge in [-0.2, -0.15) is 0 Å². The highest BCUT2D eigenvalue weighted by Crippen LogP contribution is 2.89. The van der Waals surface area contributed by atoms with Gasteiger partial charge in [0.05, 0.1) is 0 Å². The molecule has 0 aliphatic heterocycles. The minimum absolute atomic E-state index is 0.867. The molecule has 9 heavy (non-hydrogen) atoms. The van der Waals surface area contributed by atoms with E-state index in [2.05, 4.69) is 13.8 Å². The highest BCUT2D eigenvalue weighted by atomic mass is 14.9. The Bertz CT molecular complexity index is 182. The second kappa shape index (κ2) is 0.889. The van der Waals surface area contributed by atoms with Gasteiger partial charge in [-0.3, -0.25) is 0 Å². The molecule has 4 fully saturated rings. The van der Waals surface area contributed by atoms with Gasteiger partial charge in [-0.15, -0.1) is 0 Å². The first-order chi connectivity index (χ1) is 4.18. The first kappa shape index (κ1) is 4.76. The molecular formula is C9H14. The Hall–Kier alpha value is 0. The second-order valence-electron chi connectivity index (χ2n) is 4.87. The average molecular weight is 122 g/mol. The molecule has 50 valence electrons. The van der Waals surface area contributed by atoms with Crippen molar-refractivity contribution >= 4 is 0 Å². The fourth-order valence-corrected chi connectivity index (χ4v) is 3.98. The molecule has 0 radical (unpaired) electrons. The molecule has 4 rings (SSSR count). The molecule has 0 N–H and O–H groups in total. The van der Waals surface area contributed by atoms with Crippen LogP contribution >= 0.6 is 0 Å². The Balaban J connectivity index is 2.07. The number of hydrogen-bond acceptors (Lipinski definition) is 0. The summed E-state index contributed by atoms with van der Waals surface area (Å²) in [6.07, 6.45) is 4.73. The van der Waals surface area contributed by atoms with Gasteiger partial charge in [0.2, 0.25) is 0 Å². The number of hydrogen-bond donors (Lipinski definition) is 0. The van der Waals surface area contributed by atoms with Gasteiger partial charge < -0.3 is 0 Å². The molecule has 0 amide bonds. The fraction of sp³-hybridized carbons (Fsp3) is 1.00. The molecule has 0 saturated heterocycles. The highest BCUT2D eigenvalue weighted by molar-refractivity contribution is 5.30. The molecule has 0 aromatic carbocycles. The summed E-state index contributed by atoms with van der Waals surface area (Å²) in [5.41, 5.74) is 1.78. The van der Waals surface area contributed by atoms with E-state index in [0.29, 0.717) is 0 Å². The molecule has 0 aromatic heterocycles. The smallest absolute Gasteiger partial charge is 0.0230 e. The largest absolute Gasteiger partial charge is 0.0622 e. The number of rotatable bonds is 0. The molecule has 4 aliphatic rings. The third kappa shape index (κ3) is 0.264. The average Bonchev–Trinajstić information content (AvgIpc) is 2.19. The van der Waals surface area contributed by atoms with E-state index in [1.165, 1.54) is 0 Å². The van der Waals surface area contributed by atoms with Gasteiger partial charge in [-0.1, -0.05) is 13.8 Å². The van der Waals surface area contributed by atoms with Gasteiger partial charge >= 0.3 is 0 Å². The molecule has 2 bridgehead atoms. The summed E-state index contributed by atoms with van der Waals surface area (Å²) in [4.78, 5) is 0. The maximum Gasteiger partial charge on any atom is -0.0230 e. The Labute approximate surface area is 56.6 Å². The Morgan fingerprint density at radius 3 is 2.33 bits per heavy atom. The minimum Gasteiger partial charge on any atom is -0.0622 e. The fourth-order valence-electron chi connectivity index (χ4n) is 3.98. The van der Waals surface area contributed by atoms with Crippen molar-refractivity contribution in [1.82, 2.24) is 0 Å². The number of fused-ring (bicyclic) bond motifs is 1. The predicted octanol–water partition coefficient (Wildman–Crippen LogP) is 2.44. The molecule has 4 aliphatic carbocycles. The van der Waals surface area contributed by atoms with E-state index in [1.807, 2.05) is 0 Å². The molecule has 4 atom stereocenters. The van der Waals surface area contributed by atoms with Gasteiger partial charge in [0.25, 0.3) is 0 Å². The van der Waals surface area contributed by atoms with Crippen molar-refractivity contribution in [2.45, 2.75) is 33.1 Å². The van der Waals surface area contributed by atoms with E-state index in [4.69, 9.17) is 0 Å². The minimum atomic E-state index is 0.867. The van der Waals surface area contributed by atoms with Crippen LogP contribution in [-0.4, -0.2) is 0 Å². The van der Waals surface area contributed by atoms with Crippen molar-refractivity contribution in [2.75, 3.05) is 0 Å². The summed E-state index contributed by atoms with van der Waals surface area (Å²) in [7, 11) is 0. The van der Waals surface area contributed by atoms with Crippen LogP contribution in [0.4, 0.5) is 0 Å². The third-order valence-corrected chi connectivity index (χ3v) is 4.62. The molecule has 4 unspecified atom stereocenters. The van der Waals surface area contributed by atoms with E-state index >= 15 is 0 Å². The summed E-state index contributed by atoms with van der Waals surface area (Å²) in [5.74, 6) is 2.21. The van der Waals surface area contributed by atoms with Crippen LogP contribution in [0, 0.1) is 22.7 Å². The van der Waals surface area contributed by atoms with E-state index in [0.717, 1.165) is 22.7 Å². The zero-order valence-corrected chi connectivity index (χ0v) is 6.28. The van der Waals surface area contributed by atoms with E-state index in [-0.39, 0.29) is 0 Å². The highest BCUT2D eigenvalue weighted by Gasteiger charge is 2.81. The SMILES string of the molecule is CC1CC23CC1C2(C)C3. The normalized spacial score (nSPS) is 75.3. The van der Waals surface area contributed by atoms with Crippen LogP contribution in [0.5, 0.6) is 0 Å². The molecule has 0 aromatic rings. The lowest BCUT2D eigenvalue weighted by Gasteiger charge is -2.32. The summed E-state index contributed by atoms with van der Waals surface area (Å²) < 4.78 is 0. The topological polar surface area (TPSA) is 0 Å². The van der Waals surface area contributed by atoms with Crippen LogP contribution < -0.4 is 0 Å². The van der Waals surface area contributed by atoms with E-state index in [9.17, 15) is 0 Å². The van der Waals surface area contributed by atoms with Gasteiger partial charge in [0.15, 0.2) is 0 Å². The van der Waals surface area contributed by atoms with Crippen molar-refractivity contribution in [3.05, 3.63) is 0 Å². The standard InChI is InChI=1S/C9H14/c1-6-3-9-4-7(6)8(9,2)5-9/h6-7H,3-5H2,1-2H3. The molecule has 0 nitrogen and oxygen atoms in total. The molecule has 1 spiro atoms. The summed E-state index contributed by atoms with van der Waals surface area (Å²) >= 11 is 0. The quantitative estimate of drug-likeness (QED) is 0.463. The summed E-state index contributed by atoms with van der Waals surface area (Å²) in [5, 5.41) is 0. The lowest BCUT2D eigenvalue weighted by molar-refractivity contribution is 0.160. The van der Waals surface area contributed by atoms with Crippen molar-refractivity contribution in [3.8, 4) is 0 Å². The molecular weight excluding hydrogens is 108 g/mol. The summed E-state index contributed by atoms with van der Waals surface area (Å²) in [6.45, 7) is 4.95. The van der Waals surface area contributed by atoms with Crippen molar-refractivity contribution in [1.29, 1.82) is 0 Å². The summed E-state index contributed by atoms with van der Waals surface area (Å²) in [6, 6.07) is 0. The first-order valence-corrected chi connectivity index (χ1v) is 4.18. The van der Waals surface area contributed by atoms with Gasteiger partial charge in [0.1, 0.15) is 0 Å². The van der Waals surface area contributed by atoms with Crippen molar-refractivity contribution in [3.63, 3.8) is 0 Å². The molecule has 0 heteroatoms. The van der Waals surface area contributed by atoms with Crippen LogP contribution in [0.2, 0.25) is 0 Å². The van der Waals surface area contributed by atoms with Crippen molar-refractivity contribution in [2.24, 2.45) is 22.7 Å². The Morgan fingerprint density at radius 1 is 1.33 bits per heavy atom. The van der Waals surface area contributed by atoms with Crippen LogP contribution in [0.1, 0.15) is 33.1 Å². The van der Waals surface area contributed by atoms with Crippen LogP contribution in [0.15, 0.2) is 0 Å². The zero-order chi connectivity index (χ0) is 6.28. The Kier molecular flexibility index (Phi) is 0.470. The van der Waals surface area contributed by atoms with Crippen LogP contribution in [-0.2, 0) is 0 Å².